The standard InChI is InChI=1S/C84H58B2N6S2/c1-55-29-21-25-45-69(55)90(70-46-26-22-30-56(70)2)64-51-74-80-76(52-64)92(62-41-19-8-20-42-62)82-66-44-24-28-48-78(66)94-84(82)86(80)68-53-67-71(54-72(68)89(74)60-37-15-6-16-38-60)88(59-35-13-5-14-36-59)73-49-63(87(57-31-9-3-10-32-57)58-33-11-4-12-34-58)50-75-79(73)85(67)83-81(65-43-23-27-47-77(65)93-83)91(75)61-39-17-7-18-40-61/h3-54H,1-2H3. The molecule has 6 heterocycles. The first-order valence-electron chi connectivity index (χ1n) is 32.3. The van der Waals surface area contributed by atoms with Crippen LogP contribution in [0.3, 0.4) is 0 Å². The van der Waals surface area contributed by atoms with E-state index >= 15 is 0 Å². The van der Waals surface area contributed by atoms with Crippen LogP contribution in [0.2, 0.25) is 0 Å². The molecular formula is C84H58B2N6S2. The summed E-state index contributed by atoms with van der Waals surface area (Å²) in [5.74, 6) is 0. The lowest BCUT2D eigenvalue weighted by atomic mass is 9.32. The first kappa shape index (κ1) is 54.4. The van der Waals surface area contributed by atoms with E-state index in [1.54, 1.807) is 0 Å². The molecule has 6 nitrogen and oxygen atoms in total. The van der Waals surface area contributed by atoms with Gasteiger partial charge in [-0.25, -0.2) is 0 Å². The van der Waals surface area contributed by atoms with Crippen LogP contribution in [0.1, 0.15) is 11.1 Å². The highest BCUT2D eigenvalue weighted by Gasteiger charge is 2.51. The van der Waals surface area contributed by atoms with Crippen LogP contribution in [0.4, 0.5) is 102 Å². The zero-order chi connectivity index (χ0) is 62.1. The van der Waals surface area contributed by atoms with Gasteiger partial charge in [-0.1, -0.05) is 188 Å². The highest BCUT2D eigenvalue weighted by atomic mass is 32.1. The molecule has 0 saturated carbocycles. The SMILES string of the molecule is Cc1ccccc1N(c1cc2c3c(c1)N(c1ccccc1)c1c(sc4ccccc14)B3c1cc3c(cc1N2c1ccccc1)N(c1ccccc1)c1cc(N(c2ccccc2)c2ccccc2)cc2c1B3c1sc3ccccc3c1N2c1ccccc1)c1ccccc1C. The van der Waals surface area contributed by atoms with E-state index in [0.717, 1.165) is 91.0 Å². The Morgan fingerprint density at radius 2 is 0.596 bits per heavy atom. The summed E-state index contributed by atoms with van der Waals surface area (Å²) in [6.07, 6.45) is 0. The van der Waals surface area contributed by atoms with Crippen LogP contribution in [0.15, 0.2) is 315 Å². The third-order valence-electron chi connectivity index (χ3n) is 19.5. The topological polar surface area (TPSA) is 19.4 Å². The summed E-state index contributed by atoms with van der Waals surface area (Å²) in [5.41, 5.74) is 27.8. The molecule has 0 fully saturated rings. The van der Waals surface area contributed by atoms with E-state index in [1.807, 2.05) is 22.7 Å². The number of aryl methyl sites for hydroxylation is 2. The second kappa shape index (κ2) is 21.7. The number of benzene rings is 13. The first-order valence-corrected chi connectivity index (χ1v) is 33.9. The Balaban J connectivity index is 0.963. The summed E-state index contributed by atoms with van der Waals surface area (Å²) in [4.78, 5) is 15.3. The Kier molecular flexibility index (Phi) is 12.6. The molecule has 2 aromatic heterocycles. The number of hydrogen-bond donors (Lipinski definition) is 0. The van der Waals surface area contributed by atoms with Gasteiger partial charge in [0.05, 0.1) is 22.7 Å². The molecule has 13 aromatic carbocycles. The molecule has 19 rings (SSSR count). The van der Waals surface area contributed by atoms with E-state index < -0.39 is 0 Å². The fraction of sp³-hybridized carbons (Fsp3) is 0.0238. The quantitative estimate of drug-likeness (QED) is 0.126. The van der Waals surface area contributed by atoms with Gasteiger partial charge in [0.2, 0.25) is 0 Å². The average molecular weight is 1240 g/mol. The molecule has 0 atom stereocenters. The molecule has 10 heteroatoms. The fourth-order valence-corrected chi connectivity index (χ4v) is 18.3. The van der Waals surface area contributed by atoms with Gasteiger partial charge in [-0.15, -0.1) is 22.7 Å². The zero-order valence-electron chi connectivity index (χ0n) is 51.7. The normalized spacial score (nSPS) is 13.1. The van der Waals surface area contributed by atoms with E-state index in [2.05, 4.69) is 359 Å². The van der Waals surface area contributed by atoms with Crippen LogP contribution in [0.25, 0.3) is 20.2 Å². The Bertz CT molecular complexity index is 5390. The molecule has 0 aliphatic carbocycles. The number of anilines is 18. The van der Waals surface area contributed by atoms with Crippen LogP contribution in [-0.2, 0) is 0 Å². The van der Waals surface area contributed by atoms with Crippen molar-refractivity contribution in [3.8, 4) is 0 Å². The van der Waals surface area contributed by atoms with Crippen molar-refractivity contribution < 1.29 is 0 Å². The molecule has 0 N–H and O–H groups in total. The zero-order valence-corrected chi connectivity index (χ0v) is 53.3. The maximum absolute atomic E-state index is 2.68. The van der Waals surface area contributed by atoms with Crippen LogP contribution >= 0.6 is 22.7 Å². The summed E-state index contributed by atoms with van der Waals surface area (Å²) in [6.45, 7) is 4.16. The van der Waals surface area contributed by atoms with E-state index in [-0.39, 0.29) is 13.4 Å². The third-order valence-corrected chi connectivity index (χ3v) is 22.0. The van der Waals surface area contributed by atoms with Gasteiger partial charge in [0, 0.05) is 109 Å². The summed E-state index contributed by atoms with van der Waals surface area (Å²) in [6, 6.07) is 117. The predicted molar refractivity (Wildman–Crippen MR) is 404 cm³/mol. The van der Waals surface area contributed by atoms with Gasteiger partial charge in [-0.2, -0.15) is 0 Å². The van der Waals surface area contributed by atoms with Crippen LogP contribution in [-0.4, -0.2) is 13.4 Å². The van der Waals surface area contributed by atoms with Crippen molar-refractivity contribution in [2.24, 2.45) is 0 Å². The second-order valence-corrected chi connectivity index (χ2v) is 27.0. The Hall–Kier alpha value is -11.3. The maximum atomic E-state index is 2.68. The highest BCUT2D eigenvalue weighted by molar-refractivity contribution is 7.35. The van der Waals surface area contributed by atoms with Gasteiger partial charge in [-0.05, 0) is 174 Å². The molecular weight excluding hydrogens is 1180 g/mol. The largest absolute Gasteiger partial charge is 0.311 e. The molecule has 4 aliphatic heterocycles. The number of rotatable bonds is 10. The lowest BCUT2D eigenvalue weighted by molar-refractivity contribution is 1.20. The van der Waals surface area contributed by atoms with Gasteiger partial charge < -0.3 is 29.4 Å². The number of fused-ring (bicyclic) bond motifs is 12. The fourth-order valence-electron chi connectivity index (χ4n) is 15.6. The van der Waals surface area contributed by atoms with Gasteiger partial charge in [0.15, 0.2) is 0 Å². The van der Waals surface area contributed by atoms with Crippen molar-refractivity contribution in [3.05, 3.63) is 327 Å². The summed E-state index contributed by atoms with van der Waals surface area (Å²) in [5, 5.41) is 2.49. The molecule has 0 radical (unpaired) electrons. The summed E-state index contributed by atoms with van der Waals surface area (Å²) in [7, 11) is 0. The van der Waals surface area contributed by atoms with Crippen molar-refractivity contribution in [2.75, 3.05) is 29.4 Å². The predicted octanol–water partition coefficient (Wildman–Crippen LogP) is 19.8. The van der Waals surface area contributed by atoms with Crippen molar-refractivity contribution in [2.45, 2.75) is 13.8 Å². The maximum Gasteiger partial charge on any atom is 0.264 e. The molecule has 0 unspecified atom stereocenters. The number of thiophene rings is 2. The third kappa shape index (κ3) is 8.29. The van der Waals surface area contributed by atoms with Crippen molar-refractivity contribution in [1.82, 2.24) is 0 Å². The monoisotopic (exact) mass is 1240 g/mol. The van der Waals surface area contributed by atoms with Gasteiger partial charge in [0.1, 0.15) is 0 Å². The van der Waals surface area contributed by atoms with Crippen molar-refractivity contribution in [3.63, 3.8) is 0 Å². The van der Waals surface area contributed by atoms with Gasteiger partial charge >= 0.3 is 0 Å². The van der Waals surface area contributed by atoms with Gasteiger partial charge in [0.25, 0.3) is 13.4 Å². The van der Waals surface area contributed by atoms with Crippen LogP contribution < -0.4 is 60.8 Å². The van der Waals surface area contributed by atoms with E-state index in [0.29, 0.717) is 0 Å². The molecule has 94 heavy (non-hydrogen) atoms. The summed E-state index contributed by atoms with van der Waals surface area (Å²) >= 11 is 3.90. The van der Waals surface area contributed by atoms with E-state index in [4.69, 9.17) is 0 Å². The number of hydrogen-bond acceptors (Lipinski definition) is 8. The van der Waals surface area contributed by atoms with Crippen LogP contribution in [0.5, 0.6) is 0 Å². The number of nitrogens with zero attached hydrogens (tertiary/aromatic N) is 6. The minimum atomic E-state index is -0.165. The van der Waals surface area contributed by atoms with E-state index in [9.17, 15) is 0 Å². The van der Waals surface area contributed by atoms with Crippen LogP contribution in [0, 0.1) is 13.8 Å². The summed E-state index contributed by atoms with van der Waals surface area (Å²) < 4.78 is 5.20. The Morgan fingerprint density at radius 3 is 0.989 bits per heavy atom. The molecule has 0 amide bonds. The molecule has 15 aromatic rings. The minimum absolute atomic E-state index is 0.162. The van der Waals surface area contributed by atoms with Crippen molar-refractivity contribution >= 4 is 190 Å². The molecule has 0 spiro atoms. The smallest absolute Gasteiger partial charge is 0.264 e. The van der Waals surface area contributed by atoms with E-state index in [1.165, 1.54) is 74.1 Å². The molecule has 442 valence electrons. The average Bonchev–Trinajstić information content (AvgIpc) is 1.40. The molecule has 4 aliphatic rings. The molecule has 0 bridgehead atoms. The first-order chi connectivity index (χ1) is 46.5. The Labute approximate surface area is 556 Å². The second-order valence-electron chi connectivity index (χ2n) is 24.9. The van der Waals surface area contributed by atoms with Gasteiger partial charge in [-0.3, -0.25) is 0 Å². The minimum Gasteiger partial charge on any atom is -0.311 e. The lowest BCUT2D eigenvalue weighted by Gasteiger charge is -2.47. The van der Waals surface area contributed by atoms with Crippen molar-refractivity contribution in [1.29, 1.82) is 0 Å². The Morgan fingerprint density at radius 1 is 0.277 bits per heavy atom. The molecule has 0 saturated heterocycles. The highest BCUT2D eigenvalue weighted by Crippen LogP contribution is 2.55. The lowest BCUT2D eigenvalue weighted by Crippen LogP contribution is -2.64. The number of para-hydroxylation sites is 8.